The van der Waals surface area contributed by atoms with Gasteiger partial charge in [-0.1, -0.05) is 64.1 Å². The van der Waals surface area contributed by atoms with Crippen LogP contribution in [0.25, 0.3) is 16.9 Å². The number of anilines is 2. The van der Waals surface area contributed by atoms with Crippen LogP contribution in [0.5, 0.6) is 5.75 Å². The molecule has 0 saturated heterocycles. The molecule has 2 heterocycles. The van der Waals surface area contributed by atoms with Crippen molar-refractivity contribution in [2.24, 2.45) is 11.7 Å². The van der Waals surface area contributed by atoms with Crippen molar-refractivity contribution >= 4 is 17.4 Å². The van der Waals surface area contributed by atoms with Gasteiger partial charge in [0.05, 0.1) is 18.0 Å². The lowest BCUT2D eigenvalue weighted by molar-refractivity contribution is 0.259. The summed E-state index contributed by atoms with van der Waals surface area (Å²) in [5.74, 6) is 1.72. The molecule has 0 radical (unpaired) electrons. The average Bonchev–Trinajstić information content (AvgIpc) is 3.30. The second kappa shape index (κ2) is 11.7. The Bertz CT molecular complexity index is 1550. The maximum Gasteiger partial charge on any atom is 0.316 e. The fraction of sp³-hybridized carbons (Fsp3) is 0.353. The number of hydrogen-bond donors (Lipinski definition) is 2. The molecule has 1 aliphatic heterocycles. The summed E-state index contributed by atoms with van der Waals surface area (Å²) < 4.78 is 8.40. The van der Waals surface area contributed by atoms with E-state index in [1.165, 1.54) is 22.4 Å². The van der Waals surface area contributed by atoms with Gasteiger partial charge in [-0.15, -0.1) is 0 Å². The first-order valence-electron chi connectivity index (χ1n) is 14.5. The molecule has 5 rings (SSSR count). The molecule has 4 aromatic rings. The van der Waals surface area contributed by atoms with Gasteiger partial charge in [0, 0.05) is 42.0 Å². The molecule has 7 heteroatoms. The first-order chi connectivity index (χ1) is 19.6. The predicted molar refractivity (Wildman–Crippen MR) is 167 cm³/mol. The molecule has 214 valence electrons. The van der Waals surface area contributed by atoms with Gasteiger partial charge in [-0.25, -0.2) is 9.48 Å². The lowest BCUT2D eigenvalue weighted by Crippen LogP contribution is -2.30. The Labute approximate surface area is 243 Å². The molecule has 1 aromatic heterocycles. The zero-order valence-corrected chi connectivity index (χ0v) is 25.0. The van der Waals surface area contributed by atoms with Crippen LogP contribution >= 0.6 is 0 Å². The Kier molecular flexibility index (Phi) is 8.06. The highest BCUT2D eigenvalue weighted by Gasteiger charge is 2.28. The quantitative estimate of drug-likeness (QED) is 0.239. The number of aromatic nitrogens is 2. The van der Waals surface area contributed by atoms with Crippen molar-refractivity contribution in [2.45, 2.75) is 60.4 Å². The summed E-state index contributed by atoms with van der Waals surface area (Å²) in [6.45, 7) is 15.4. The zero-order chi connectivity index (χ0) is 29.3. The van der Waals surface area contributed by atoms with Crippen LogP contribution < -0.4 is 20.7 Å². The zero-order valence-electron chi connectivity index (χ0n) is 25.0. The van der Waals surface area contributed by atoms with Gasteiger partial charge in [-0.3, -0.25) is 0 Å². The van der Waals surface area contributed by atoms with Crippen LogP contribution in [0.3, 0.4) is 0 Å². The normalized spacial score (nSPS) is 13.0. The summed E-state index contributed by atoms with van der Waals surface area (Å²) in [6.07, 6.45) is 0.843. The van der Waals surface area contributed by atoms with E-state index in [0.717, 1.165) is 53.5 Å². The van der Waals surface area contributed by atoms with E-state index in [-0.39, 0.29) is 0 Å². The van der Waals surface area contributed by atoms with Crippen LogP contribution in [0.4, 0.5) is 16.2 Å². The van der Waals surface area contributed by atoms with Crippen molar-refractivity contribution < 1.29 is 9.53 Å². The molecule has 0 saturated carbocycles. The third kappa shape index (κ3) is 5.94. The number of nitrogens with two attached hydrogens (primary N) is 1. The monoisotopic (exact) mass is 551 g/mol. The maximum absolute atomic E-state index is 11.4. The van der Waals surface area contributed by atoms with Crippen LogP contribution in [0.1, 0.15) is 61.6 Å². The van der Waals surface area contributed by atoms with Crippen LogP contribution in [-0.4, -0.2) is 29.0 Å². The van der Waals surface area contributed by atoms with Gasteiger partial charge in [0.25, 0.3) is 0 Å². The number of rotatable bonds is 8. The van der Waals surface area contributed by atoms with Crippen molar-refractivity contribution in [1.29, 1.82) is 0 Å². The van der Waals surface area contributed by atoms with Gasteiger partial charge < -0.3 is 20.7 Å². The number of hydrogen-bond acceptors (Lipinski definition) is 4. The molecule has 0 aliphatic carbocycles. The number of benzene rings is 3. The lowest BCUT2D eigenvalue weighted by atomic mass is 9.97. The number of nitrogens with zero attached hydrogens (tertiary/aromatic N) is 3. The summed E-state index contributed by atoms with van der Waals surface area (Å²) in [5, 5.41) is 7.89. The van der Waals surface area contributed by atoms with Crippen molar-refractivity contribution in [3.8, 4) is 22.7 Å². The second-order valence-corrected chi connectivity index (χ2v) is 11.8. The summed E-state index contributed by atoms with van der Waals surface area (Å²) in [4.78, 5) is 13.9. The third-order valence-electron chi connectivity index (χ3n) is 7.67. The van der Waals surface area contributed by atoms with Crippen LogP contribution in [0.2, 0.25) is 0 Å². The van der Waals surface area contributed by atoms with E-state index in [9.17, 15) is 4.79 Å². The van der Waals surface area contributed by atoms with E-state index in [1.54, 1.807) is 0 Å². The molecule has 41 heavy (non-hydrogen) atoms. The van der Waals surface area contributed by atoms with E-state index in [2.05, 4.69) is 80.7 Å². The smallest absolute Gasteiger partial charge is 0.316 e. The summed E-state index contributed by atoms with van der Waals surface area (Å²) >= 11 is 0. The molecule has 1 aliphatic rings. The SMILES string of the molecule is Cc1cc(C(C)C)ccc1N1CCc2nn(-c3c(C)cccc3OCC(C)C)c(-c3ccc(NC(N)=O)cc3)c2C1. The molecule has 0 unspecified atom stereocenters. The number of amides is 2. The number of carbonyl (C=O) groups excluding carboxylic acids is 1. The van der Waals surface area contributed by atoms with Gasteiger partial charge in [0.2, 0.25) is 0 Å². The van der Waals surface area contributed by atoms with Gasteiger partial charge in [-0.2, -0.15) is 5.10 Å². The standard InChI is InChI=1S/C34H41N5O2/c1-21(2)20-41-31-9-7-8-23(5)32(31)39-33(25-10-13-27(14-11-25)36-34(35)40)28-19-38(17-16-29(28)37-39)30-15-12-26(22(3)4)18-24(30)6/h7-15,18,21-22H,16-17,19-20H2,1-6H3,(H3,35,36,40). The summed E-state index contributed by atoms with van der Waals surface area (Å²) in [7, 11) is 0. The average molecular weight is 552 g/mol. The molecular weight excluding hydrogens is 510 g/mol. The van der Waals surface area contributed by atoms with Gasteiger partial charge >= 0.3 is 6.03 Å². The molecular formula is C34H41N5O2. The van der Waals surface area contributed by atoms with Crippen molar-refractivity contribution in [3.63, 3.8) is 0 Å². The highest BCUT2D eigenvalue weighted by molar-refractivity contribution is 5.88. The highest BCUT2D eigenvalue weighted by Crippen LogP contribution is 2.39. The first-order valence-corrected chi connectivity index (χ1v) is 14.5. The van der Waals surface area contributed by atoms with Gasteiger partial charge in [0.15, 0.2) is 0 Å². The Morgan fingerprint density at radius 3 is 2.44 bits per heavy atom. The highest BCUT2D eigenvalue weighted by atomic mass is 16.5. The molecule has 0 atom stereocenters. The lowest BCUT2D eigenvalue weighted by Gasteiger charge is -2.31. The van der Waals surface area contributed by atoms with Gasteiger partial charge in [0.1, 0.15) is 11.4 Å². The molecule has 7 nitrogen and oxygen atoms in total. The first kappa shape index (κ1) is 28.3. The van der Waals surface area contributed by atoms with Crippen molar-refractivity contribution in [2.75, 3.05) is 23.4 Å². The Morgan fingerprint density at radius 2 is 1.78 bits per heavy atom. The van der Waals surface area contributed by atoms with Crippen molar-refractivity contribution in [1.82, 2.24) is 9.78 Å². The topological polar surface area (TPSA) is 85.4 Å². The number of carbonyl (C=O) groups is 1. The Morgan fingerprint density at radius 1 is 1.02 bits per heavy atom. The number of fused-ring (bicyclic) bond motifs is 1. The second-order valence-electron chi connectivity index (χ2n) is 11.8. The van der Waals surface area contributed by atoms with Crippen LogP contribution in [0, 0.1) is 19.8 Å². The third-order valence-corrected chi connectivity index (χ3v) is 7.67. The Hall–Kier alpha value is -4.26. The molecule has 3 aromatic carbocycles. The number of nitrogens with one attached hydrogen (secondary N) is 1. The van der Waals surface area contributed by atoms with E-state index < -0.39 is 6.03 Å². The van der Waals surface area contributed by atoms with Crippen LogP contribution in [0.15, 0.2) is 60.7 Å². The maximum atomic E-state index is 11.4. The molecule has 0 bridgehead atoms. The van der Waals surface area contributed by atoms with E-state index in [1.807, 2.05) is 36.4 Å². The molecule has 0 fully saturated rings. The largest absolute Gasteiger partial charge is 0.491 e. The van der Waals surface area contributed by atoms with E-state index in [4.69, 9.17) is 15.6 Å². The number of para-hydroxylation sites is 1. The van der Waals surface area contributed by atoms with Crippen LogP contribution in [-0.2, 0) is 13.0 Å². The summed E-state index contributed by atoms with van der Waals surface area (Å²) in [6, 6.07) is 20.2. The number of ether oxygens (including phenoxy) is 1. The fourth-order valence-corrected chi connectivity index (χ4v) is 5.56. The summed E-state index contributed by atoms with van der Waals surface area (Å²) in [5.41, 5.74) is 16.3. The number of primary amides is 1. The minimum Gasteiger partial charge on any atom is -0.491 e. The minimum absolute atomic E-state index is 0.401. The predicted octanol–water partition coefficient (Wildman–Crippen LogP) is 7.37. The fourth-order valence-electron chi connectivity index (χ4n) is 5.56. The van der Waals surface area contributed by atoms with Crippen molar-refractivity contribution in [3.05, 3.63) is 88.6 Å². The molecule has 2 amide bonds. The van der Waals surface area contributed by atoms with Gasteiger partial charge in [-0.05, 0) is 66.6 Å². The minimum atomic E-state index is -0.582. The number of aryl methyl sites for hydroxylation is 2. The molecule has 3 N–H and O–H groups in total. The molecule has 0 spiro atoms. The number of urea groups is 1. The van der Waals surface area contributed by atoms with E-state index >= 15 is 0 Å². The van der Waals surface area contributed by atoms with E-state index in [0.29, 0.717) is 24.1 Å². The Balaban J connectivity index is 1.63.